The zero-order valence-electron chi connectivity index (χ0n) is 16.6. The van der Waals surface area contributed by atoms with E-state index in [4.69, 9.17) is 15.2 Å². The first-order valence-electron chi connectivity index (χ1n) is 9.60. The van der Waals surface area contributed by atoms with Crippen molar-refractivity contribution in [3.63, 3.8) is 0 Å². The molecule has 30 heavy (non-hydrogen) atoms. The number of esters is 2. The fourth-order valence-electron chi connectivity index (χ4n) is 5.20. The Morgan fingerprint density at radius 2 is 1.50 bits per heavy atom. The summed E-state index contributed by atoms with van der Waals surface area (Å²) in [5.41, 5.74) is 10.3. The average molecular weight is 400 g/mol. The second-order valence-electron chi connectivity index (χ2n) is 7.42. The number of methoxy groups -OCH3 is 2. The number of carbonyl (C=O) groups excluding carboxylic acids is 2. The minimum atomic E-state index is -1.00. The summed E-state index contributed by atoms with van der Waals surface area (Å²) in [5, 5.41) is 0. The van der Waals surface area contributed by atoms with Crippen LogP contribution in [0.5, 0.6) is 0 Å². The fourth-order valence-corrected chi connectivity index (χ4v) is 5.20. The van der Waals surface area contributed by atoms with E-state index in [2.05, 4.69) is 0 Å². The van der Waals surface area contributed by atoms with E-state index in [0.717, 1.165) is 22.3 Å². The van der Waals surface area contributed by atoms with E-state index in [0.29, 0.717) is 5.70 Å². The Hall–Kier alpha value is -3.80. The molecule has 1 unspecified atom stereocenters. The number of hydrogen-bond acceptors (Lipinski definition) is 6. The van der Waals surface area contributed by atoms with Crippen LogP contribution in [0, 0.1) is 0 Å². The number of carbonyl (C=O) groups is 2. The standard InChI is InChI=1S/C24H20N2O4/c1-29-22(27)19-20(23(28)30-2)26-13-7-12-18(25)21(26)24(19)16-10-5-3-8-14(16)15-9-4-6-11-17(15)24/h3-13,21H,25H2,1-2H3. The number of nitrogens with two attached hydrogens (primary N) is 1. The highest BCUT2D eigenvalue weighted by molar-refractivity contribution is 6.07. The van der Waals surface area contributed by atoms with Crippen LogP contribution in [0.4, 0.5) is 0 Å². The Kier molecular flexibility index (Phi) is 3.86. The lowest BCUT2D eigenvalue weighted by Crippen LogP contribution is -2.48. The number of ether oxygens (including phenoxy) is 2. The third kappa shape index (κ3) is 2.03. The van der Waals surface area contributed by atoms with Gasteiger partial charge in [-0.25, -0.2) is 9.59 Å². The van der Waals surface area contributed by atoms with Crippen molar-refractivity contribution in [2.24, 2.45) is 5.73 Å². The SMILES string of the molecule is COC(=O)C1=C(C(=O)OC)C2(c3ccccc3-c3ccccc32)C2C(N)=CC=CN12. The Morgan fingerprint density at radius 3 is 2.07 bits per heavy atom. The van der Waals surface area contributed by atoms with Gasteiger partial charge in [-0.2, -0.15) is 0 Å². The molecule has 1 atom stereocenters. The summed E-state index contributed by atoms with van der Waals surface area (Å²) in [4.78, 5) is 28.0. The highest BCUT2D eigenvalue weighted by atomic mass is 16.5. The van der Waals surface area contributed by atoms with E-state index in [1.165, 1.54) is 14.2 Å². The average Bonchev–Trinajstić information content (AvgIpc) is 3.26. The normalized spacial score (nSPS) is 19.9. The number of nitrogens with zero attached hydrogens (tertiary/aromatic N) is 1. The van der Waals surface area contributed by atoms with Gasteiger partial charge in [0, 0.05) is 11.9 Å². The molecule has 2 aromatic carbocycles. The van der Waals surface area contributed by atoms with Crippen molar-refractivity contribution in [1.82, 2.24) is 4.90 Å². The summed E-state index contributed by atoms with van der Waals surface area (Å²) in [6.45, 7) is 0. The Bertz CT molecular complexity index is 1150. The number of allylic oxidation sites excluding steroid dienone is 2. The van der Waals surface area contributed by atoms with Gasteiger partial charge in [0.25, 0.3) is 0 Å². The maximum atomic E-state index is 13.3. The highest BCUT2D eigenvalue weighted by Crippen LogP contribution is 2.61. The van der Waals surface area contributed by atoms with Crippen molar-refractivity contribution in [2.75, 3.05) is 14.2 Å². The third-order valence-corrected chi connectivity index (χ3v) is 6.19. The van der Waals surface area contributed by atoms with Crippen LogP contribution < -0.4 is 5.73 Å². The van der Waals surface area contributed by atoms with Crippen LogP contribution in [0.3, 0.4) is 0 Å². The maximum absolute atomic E-state index is 13.3. The first kappa shape index (κ1) is 18.2. The zero-order valence-corrected chi connectivity index (χ0v) is 16.6. The second kappa shape index (κ2) is 6.35. The smallest absolute Gasteiger partial charge is 0.355 e. The van der Waals surface area contributed by atoms with E-state index in [-0.39, 0.29) is 11.3 Å². The van der Waals surface area contributed by atoms with Crippen LogP contribution in [-0.2, 0) is 24.5 Å². The Morgan fingerprint density at radius 1 is 0.933 bits per heavy atom. The number of hydrogen-bond donors (Lipinski definition) is 1. The van der Waals surface area contributed by atoms with Gasteiger partial charge in [-0.3, -0.25) is 0 Å². The van der Waals surface area contributed by atoms with Crippen LogP contribution in [0.2, 0.25) is 0 Å². The summed E-state index contributed by atoms with van der Waals surface area (Å²) in [6, 6.07) is 15.3. The maximum Gasteiger partial charge on any atom is 0.355 e. The molecule has 0 radical (unpaired) electrons. The van der Waals surface area contributed by atoms with Crippen LogP contribution >= 0.6 is 0 Å². The van der Waals surface area contributed by atoms with Gasteiger partial charge in [0.1, 0.15) is 5.70 Å². The molecular weight excluding hydrogens is 380 g/mol. The van der Waals surface area contributed by atoms with Crippen molar-refractivity contribution in [1.29, 1.82) is 0 Å². The van der Waals surface area contributed by atoms with Crippen molar-refractivity contribution < 1.29 is 19.1 Å². The molecule has 2 N–H and O–H groups in total. The van der Waals surface area contributed by atoms with Gasteiger partial charge in [0.15, 0.2) is 0 Å². The molecule has 0 saturated carbocycles. The highest BCUT2D eigenvalue weighted by Gasteiger charge is 2.63. The second-order valence-corrected chi connectivity index (χ2v) is 7.42. The minimum absolute atomic E-state index is 0.146. The number of rotatable bonds is 2. The third-order valence-electron chi connectivity index (χ3n) is 6.19. The van der Waals surface area contributed by atoms with Gasteiger partial charge in [0.05, 0.1) is 31.2 Å². The van der Waals surface area contributed by atoms with Crippen molar-refractivity contribution >= 4 is 11.9 Å². The largest absolute Gasteiger partial charge is 0.466 e. The molecule has 0 saturated heterocycles. The molecule has 2 aliphatic heterocycles. The molecule has 0 fully saturated rings. The summed E-state index contributed by atoms with van der Waals surface area (Å²) in [5.74, 6) is -1.20. The van der Waals surface area contributed by atoms with E-state index in [9.17, 15) is 9.59 Å². The van der Waals surface area contributed by atoms with Gasteiger partial charge in [-0.1, -0.05) is 48.5 Å². The van der Waals surface area contributed by atoms with Crippen molar-refractivity contribution in [3.8, 4) is 11.1 Å². The lowest BCUT2D eigenvalue weighted by Gasteiger charge is -2.39. The Labute approximate surface area is 173 Å². The summed E-state index contributed by atoms with van der Waals surface area (Å²) in [6.07, 6.45) is 5.32. The molecule has 1 aliphatic carbocycles. The van der Waals surface area contributed by atoms with Crippen molar-refractivity contribution in [2.45, 2.75) is 11.5 Å². The topological polar surface area (TPSA) is 81.9 Å². The molecule has 0 bridgehead atoms. The molecule has 0 aromatic heterocycles. The van der Waals surface area contributed by atoms with Gasteiger partial charge >= 0.3 is 11.9 Å². The molecule has 6 heteroatoms. The summed E-state index contributed by atoms with van der Waals surface area (Å²) in [7, 11) is 2.62. The van der Waals surface area contributed by atoms with E-state index < -0.39 is 23.4 Å². The van der Waals surface area contributed by atoms with Gasteiger partial charge in [-0.15, -0.1) is 0 Å². The van der Waals surface area contributed by atoms with Crippen LogP contribution in [0.25, 0.3) is 11.1 Å². The van der Waals surface area contributed by atoms with Gasteiger partial charge in [0.2, 0.25) is 0 Å². The lowest BCUT2D eigenvalue weighted by molar-refractivity contribution is -0.140. The molecule has 0 amide bonds. The summed E-state index contributed by atoms with van der Waals surface area (Å²) >= 11 is 0. The van der Waals surface area contributed by atoms with Gasteiger partial charge < -0.3 is 20.1 Å². The predicted molar refractivity (Wildman–Crippen MR) is 111 cm³/mol. The fraction of sp³-hybridized carbons (Fsp3) is 0.167. The molecular formula is C24H20N2O4. The Balaban J connectivity index is 1.98. The van der Waals surface area contributed by atoms with Crippen molar-refractivity contribution in [3.05, 3.63) is 95.0 Å². The predicted octanol–water partition coefficient (Wildman–Crippen LogP) is 2.61. The molecule has 5 rings (SSSR count). The van der Waals surface area contributed by atoms with Crippen LogP contribution in [0.1, 0.15) is 11.1 Å². The van der Waals surface area contributed by atoms with E-state index >= 15 is 0 Å². The molecule has 1 spiro atoms. The number of fused-ring (bicyclic) bond motifs is 7. The molecule has 2 heterocycles. The molecule has 150 valence electrons. The quantitative estimate of drug-likeness (QED) is 0.781. The monoisotopic (exact) mass is 400 g/mol. The molecule has 2 aromatic rings. The lowest BCUT2D eigenvalue weighted by atomic mass is 9.67. The van der Waals surface area contributed by atoms with Crippen LogP contribution in [-0.4, -0.2) is 37.1 Å². The molecule has 6 nitrogen and oxygen atoms in total. The number of benzene rings is 2. The molecule has 3 aliphatic rings. The van der Waals surface area contributed by atoms with E-state index in [1.54, 1.807) is 17.2 Å². The zero-order chi connectivity index (χ0) is 21.0. The van der Waals surface area contributed by atoms with E-state index in [1.807, 2.05) is 54.6 Å². The van der Waals surface area contributed by atoms with Gasteiger partial charge in [-0.05, 0) is 34.4 Å². The first-order valence-corrected chi connectivity index (χ1v) is 9.60. The van der Waals surface area contributed by atoms with Crippen LogP contribution in [0.15, 0.2) is 83.9 Å². The first-order chi connectivity index (χ1) is 14.6. The summed E-state index contributed by atoms with van der Waals surface area (Å²) < 4.78 is 10.3. The minimum Gasteiger partial charge on any atom is -0.466 e.